The molecule has 0 spiro atoms. The zero-order valence-electron chi connectivity index (χ0n) is 11.8. The zero-order chi connectivity index (χ0) is 15.9. The number of rotatable bonds is 7. The predicted octanol–water partition coefficient (Wildman–Crippen LogP) is 0.456. The summed E-state index contributed by atoms with van der Waals surface area (Å²) in [5.41, 5.74) is 0.671. The lowest BCUT2D eigenvalue weighted by Gasteiger charge is -2.07. The highest BCUT2D eigenvalue weighted by Gasteiger charge is 2.15. The minimum absolute atomic E-state index is 0.182. The number of methoxy groups -OCH3 is 1. The van der Waals surface area contributed by atoms with E-state index in [-0.39, 0.29) is 17.9 Å². The summed E-state index contributed by atoms with van der Waals surface area (Å²) in [6.45, 7) is 1.39. The van der Waals surface area contributed by atoms with E-state index in [9.17, 15) is 18.0 Å². The van der Waals surface area contributed by atoms with Crippen molar-refractivity contribution < 1.29 is 27.5 Å². The zero-order valence-corrected chi connectivity index (χ0v) is 12.6. The summed E-state index contributed by atoms with van der Waals surface area (Å²) in [6, 6.07) is 6.07. The van der Waals surface area contributed by atoms with E-state index in [4.69, 9.17) is 0 Å². The molecular weight excluding hydrogens is 298 g/mol. The minimum Gasteiger partial charge on any atom is -0.465 e. The smallest absolute Gasteiger partial charge is 0.337 e. The topological polar surface area (TPSA) is 98.8 Å². The van der Waals surface area contributed by atoms with Gasteiger partial charge in [0, 0.05) is 0 Å². The summed E-state index contributed by atoms with van der Waals surface area (Å²) in [7, 11) is -2.46. The third kappa shape index (κ3) is 5.92. The fourth-order valence-electron chi connectivity index (χ4n) is 1.56. The molecule has 0 saturated heterocycles. The van der Waals surface area contributed by atoms with Crippen molar-refractivity contribution in [3.8, 4) is 0 Å². The van der Waals surface area contributed by atoms with Gasteiger partial charge in [0.15, 0.2) is 0 Å². The highest BCUT2D eigenvalue weighted by molar-refractivity contribution is 7.88. The van der Waals surface area contributed by atoms with Crippen LogP contribution in [0.15, 0.2) is 24.3 Å². The van der Waals surface area contributed by atoms with Gasteiger partial charge in [-0.05, 0) is 24.6 Å². The van der Waals surface area contributed by atoms with Gasteiger partial charge in [-0.25, -0.2) is 17.9 Å². The first kappa shape index (κ1) is 17.1. The van der Waals surface area contributed by atoms with Gasteiger partial charge >= 0.3 is 11.9 Å². The number of hydrogen-bond donors (Lipinski definition) is 1. The Morgan fingerprint density at radius 3 is 2.62 bits per heavy atom. The molecule has 21 heavy (non-hydrogen) atoms. The molecule has 0 heterocycles. The maximum absolute atomic E-state index is 11.8. The van der Waals surface area contributed by atoms with Crippen LogP contribution in [0.4, 0.5) is 0 Å². The second-order valence-corrected chi connectivity index (χ2v) is 5.88. The molecule has 7 nitrogen and oxygen atoms in total. The Morgan fingerprint density at radius 2 is 2.00 bits per heavy atom. The predicted molar refractivity (Wildman–Crippen MR) is 75.0 cm³/mol. The third-order valence-electron chi connectivity index (χ3n) is 2.45. The Labute approximate surface area is 123 Å². The van der Waals surface area contributed by atoms with E-state index < -0.39 is 28.5 Å². The number of esters is 2. The lowest BCUT2D eigenvalue weighted by atomic mass is 10.1. The summed E-state index contributed by atoms with van der Waals surface area (Å²) >= 11 is 0. The van der Waals surface area contributed by atoms with E-state index in [1.807, 2.05) is 0 Å². The fraction of sp³-hybridized carbons (Fsp3) is 0.385. The average molecular weight is 315 g/mol. The Morgan fingerprint density at radius 1 is 1.29 bits per heavy atom. The highest BCUT2D eigenvalue weighted by Crippen LogP contribution is 2.09. The van der Waals surface area contributed by atoms with Crippen molar-refractivity contribution in [1.82, 2.24) is 4.72 Å². The van der Waals surface area contributed by atoms with Crippen LogP contribution in [0.3, 0.4) is 0 Å². The average Bonchev–Trinajstić information content (AvgIpc) is 2.44. The number of sulfonamides is 1. The molecule has 0 amide bonds. The first-order valence-electron chi connectivity index (χ1n) is 6.18. The Hall–Kier alpha value is -1.93. The first-order valence-corrected chi connectivity index (χ1v) is 7.83. The molecule has 0 aromatic heterocycles. The molecule has 116 valence electrons. The van der Waals surface area contributed by atoms with Crippen molar-refractivity contribution in [1.29, 1.82) is 0 Å². The first-order chi connectivity index (χ1) is 9.88. The molecule has 0 unspecified atom stereocenters. The second-order valence-electron chi connectivity index (χ2n) is 4.08. The van der Waals surface area contributed by atoms with Crippen molar-refractivity contribution in [2.24, 2.45) is 0 Å². The lowest BCUT2D eigenvalue weighted by molar-refractivity contribution is -0.141. The number of nitrogens with one attached hydrogen (secondary N) is 1. The molecule has 1 aromatic rings. The molecule has 1 aromatic carbocycles. The second kappa shape index (κ2) is 7.75. The van der Waals surface area contributed by atoms with Crippen LogP contribution in [0.1, 0.15) is 22.8 Å². The van der Waals surface area contributed by atoms with Crippen LogP contribution in [0.2, 0.25) is 0 Å². The molecule has 0 atom stereocenters. The maximum atomic E-state index is 11.8. The van der Waals surface area contributed by atoms with Crippen molar-refractivity contribution in [3.05, 3.63) is 35.4 Å². The van der Waals surface area contributed by atoms with Crippen LogP contribution < -0.4 is 4.72 Å². The van der Waals surface area contributed by atoms with Gasteiger partial charge in [-0.1, -0.05) is 12.1 Å². The van der Waals surface area contributed by atoms with Gasteiger partial charge in [0.05, 0.1) is 25.0 Å². The summed E-state index contributed by atoms with van der Waals surface area (Å²) in [4.78, 5) is 22.5. The lowest BCUT2D eigenvalue weighted by Crippen LogP contribution is -2.31. The summed E-state index contributed by atoms with van der Waals surface area (Å²) in [5.74, 6) is -1.55. The molecular formula is C13H17NO6S. The van der Waals surface area contributed by atoms with Crippen LogP contribution in [0, 0.1) is 0 Å². The van der Waals surface area contributed by atoms with Crippen molar-refractivity contribution in [2.45, 2.75) is 12.7 Å². The third-order valence-corrected chi connectivity index (χ3v) is 3.74. The quantitative estimate of drug-likeness (QED) is 0.734. The van der Waals surface area contributed by atoms with Gasteiger partial charge in [-0.2, -0.15) is 0 Å². The van der Waals surface area contributed by atoms with Gasteiger partial charge in [0.1, 0.15) is 6.54 Å². The van der Waals surface area contributed by atoms with Crippen molar-refractivity contribution in [3.63, 3.8) is 0 Å². The standard InChI is InChI=1S/C13H17NO6S/c1-3-20-12(15)8-14-21(17,18)9-10-5-4-6-11(7-10)13(16)19-2/h4-7,14H,3,8-9H2,1-2H3. The van der Waals surface area contributed by atoms with Crippen molar-refractivity contribution >= 4 is 22.0 Å². The molecule has 0 fully saturated rings. The molecule has 1 N–H and O–H groups in total. The molecule has 8 heteroatoms. The number of carbonyl (C=O) groups excluding carboxylic acids is 2. The van der Waals surface area contributed by atoms with E-state index in [1.54, 1.807) is 19.1 Å². The summed E-state index contributed by atoms with van der Waals surface area (Å²) in [6.07, 6.45) is 0. The molecule has 0 saturated carbocycles. The van der Waals surface area contributed by atoms with Gasteiger partial charge in [-0.3, -0.25) is 4.79 Å². The van der Waals surface area contributed by atoms with E-state index in [2.05, 4.69) is 14.2 Å². The number of ether oxygens (including phenoxy) is 2. The van der Waals surface area contributed by atoms with E-state index in [0.717, 1.165) is 0 Å². The largest absolute Gasteiger partial charge is 0.465 e. The number of benzene rings is 1. The molecule has 0 bridgehead atoms. The van der Waals surface area contributed by atoms with Crippen LogP contribution in [-0.2, 0) is 30.0 Å². The minimum atomic E-state index is -3.70. The number of carbonyl (C=O) groups is 2. The van der Waals surface area contributed by atoms with Gasteiger partial charge in [-0.15, -0.1) is 0 Å². The van der Waals surface area contributed by atoms with E-state index in [0.29, 0.717) is 5.56 Å². The Balaban J connectivity index is 2.71. The highest BCUT2D eigenvalue weighted by atomic mass is 32.2. The van der Waals surface area contributed by atoms with Crippen LogP contribution in [-0.4, -0.2) is 40.6 Å². The maximum Gasteiger partial charge on any atom is 0.337 e. The SMILES string of the molecule is CCOC(=O)CNS(=O)(=O)Cc1cccc(C(=O)OC)c1. The Kier molecular flexibility index (Phi) is 6.32. The fourth-order valence-corrected chi connectivity index (χ4v) is 2.62. The van der Waals surface area contributed by atoms with Crippen LogP contribution in [0.25, 0.3) is 0 Å². The van der Waals surface area contributed by atoms with Crippen molar-refractivity contribution in [2.75, 3.05) is 20.3 Å². The van der Waals surface area contributed by atoms with E-state index in [1.165, 1.54) is 19.2 Å². The van der Waals surface area contributed by atoms with Gasteiger partial charge in [0.2, 0.25) is 10.0 Å². The summed E-state index contributed by atoms with van der Waals surface area (Å²) in [5, 5.41) is 0. The summed E-state index contributed by atoms with van der Waals surface area (Å²) < 4.78 is 35.0. The molecule has 1 rings (SSSR count). The molecule has 0 aliphatic heterocycles. The number of hydrogen-bond acceptors (Lipinski definition) is 6. The van der Waals surface area contributed by atoms with E-state index >= 15 is 0 Å². The molecule has 0 radical (unpaired) electrons. The Bertz CT molecular complexity index is 611. The normalized spacial score (nSPS) is 11.0. The van der Waals surface area contributed by atoms with Crippen LogP contribution in [0.5, 0.6) is 0 Å². The van der Waals surface area contributed by atoms with Crippen LogP contribution >= 0.6 is 0 Å². The monoisotopic (exact) mass is 315 g/mol. The van der Waals surface area contributed by atoms with Gasteiger partial charge < -0.3 is 9.47 Å². The molecule has 0 aliphatic carbocycles. The van der Waals surface area contributed by atoms with Gasteiger partial charge in [0.25, 0.3) is 0 Å². The molecule has 0 aliphatic rings.